The molecule has 3 aliphatic carbocycles. The van der Waals surface area contributed by atoms with Gasteiger partial charge in [0.2, 0.25) is 0 Å². The van der Waals surface area contributed by atoms with E-state index < -0.39 is 5.60 Å². The Morgan fingerprint density at radius 2 is 1.30 bits per heavy atom. The van der Waals surface area contributed by atoms with E-state index in [4.69, 9.17) is 23.7 Å². The van der Waals surface area contributed by atoms with E-state index in [1.54, 1.807) is 14.2 Å². The van der Waals surface area contributed by atoms with Crippen molar-refractivity contribution in [3.8, 4) is 45.3 Å². The Morgan fingerprint density at radius 1 is 0.667 bits per heavy atom. The molecule has 0 unspecified atom stereocenters. The fourth-order valence-corrected chi connectivity index (χ4v) is 12.5. The highest BCUT2D eigenvalue weighted by atomic mass is 16.5. The van der Waals surface area contributed by atoms with Gasteiger partial charge in [-0.2, -0.15) is 0 Å². The number of hydrogen-bond donors (Lipinski definition) is 0. The Balaban J connectivity index is 1.21. The van der Waals surface area contributed by atoms with Crippen LogP contribution in [-0.2, 0) is 15.8 Å². The second-order valence-electron chi connectivity index (χ2n) is 20.3. The molecule has 63 heavy (non-hydrogen) atoms. The molecule has 11 rings (SSSR count). The number of methoxy groups -OCH3 is 2. The topological polar surface area (TPSA) is 49.4 Å². The van der Waals surface area contributed by atoms with Crippen molar-refractivity contribution in [3.63, 3.8) is 0 Å². The summed E-state index contributed by atoms with van der Waals surface area (Å²) in [6.07, 6.45) is 11.6. The van der Waals surface area contributed by atoms with Gasteiger partial charge in [0.05, 0.1) is 33.5 Å². The van der Waals surface area contributed by atoms with E-state index in [-0.39, 0.29) is 22.3 Å². The number of nitrogens with zero attached hydrogens (tertiary/aromatic N) is 1. The van der Waals surface area contributed by atoms with Crippen molar-refractivity contribution in [2.24, 2.45) is 10.8 Å². The fraction of sp³-hybridized carbons (Fsp3) is 0.368. The molecule has 5 aliphatic rings. The highest BCUT2D eigenvalue weighted by molar-refractivity contribution is 6.10. The number of morpholine rings is 1. The van der Waals surface area contributed by atoms with E-state index >= 15 is 0 Å². The minimum absolute atomic E-state index is 0.114. The zero-order chi connectivity index (χ0) is 43.1. The third kappa shape index (κ3) is 6.62. The van der Waals surface area contributed by atoms with Crippen LogP contribution in [0.15, 0.2) is 115 Å². The molecule has 1 saturated heterocycles. The highest BCUT2D eigenvalue weighted by Crippen LogP contribution is 2.67. The summed E-state index contributed by atoms with van der Waals surface area (Å²) in [5.74, 6) is 3.46. The van der Waals surface area contributed by atoms with Crippen molar-refractivity contribution >= 4 is 22.5 Å². The maximum Gasteiger partial charge on any atom is 0.178 e. The van der Waals surface area contributed by atoms with Gasteiger partial charge in [0, 0.05) is 51.8 Å². The first-order valence-electron chi connectivity index (χ1n) is 23.1. The van der Waals surface area contributed by atoms with Crippen LogP contribution in [0.1, 0.15) is 94.0 Å². The first-order chi connectivity index (χ1) is 30.5. The smallest absolute Gasteiger partial charge is 0.178 e. The zero-order valence-corrected chi connectivity index (χ0v) is 37.7. The predicted octanol–water partition coefficient (Wildman–Crippen LogP) is 13.1. The predicted molar refractivity (Wildman–Crippen MR) is 255 cm³/mol. The average Bonchev–Trinajstić information content (AvgIpc) is 3.54. The molecular weight excluding hydrogens is 779 g/mol. The van der Waals surface area contributed by atoms with Crippen molar-refractivity contribution in [1.29, 1.82) is 0 Å². The lowest BCUT2D eigenvalue weighted by molar-refractivity contribution is 0.0641. The van der Waals surface area contributed by atoms with Crippen molar-refractivity contribution in [1.82, 2.24) is 0 Å². The minimum atomic E-state index is -0.947. The molecule has 2 saturated carbocycles. The third-order valence-electron chi connectivity index (χ3n) is 14.8. The van der Waals surface area contributed by atoms with E-state index in [9.17, 15) is 0 Å². The number of ether oxygens (including phenoxy) is 5. The van der Waals surface area contributed by atoms with Crippen LogP contribution in [0.3, 0.4) is 0 Å². The van der Waals surface area contributed by atoms with Crippen molar-refractivity contribution in [3.05, 3.63) is 143 Å². The van der Waals surface area contributed by atoms with E-state index in [0.29, 0.717) is 0 Å². The summed E-state index contributed by atoms with van der Waals surface area (Å²) >= 11 is 0. The maximum atomic E-state index is 7.93. The minimum Gasteiger partial charge on any atom is -0.497 e. The van der Waals surface area contributed by atoms with Crippen molar-refractivity contribution in [2.45, 2.75) is 83.3 Å². The first-order valence-corrected chi connectivity index (χ1v) is 23.1. The Hall–Kier alpha value is -5.72. The molecule has 0 aromatic heterocycles. The SMILES string of the molecule is COc1ccc(C2(c3ccc(OC)cc3)C=Cc3c4c(c5cc(OC6CCC6)c(-c6ccc(N7CCOCC7)cc6)cc5c3O2)-c2ccccc2C42CC(C)(C)CC(C)(C)C2)cc1. The Morgan fingerprint density at radius 3 is 1.90 bits per heavy atom. The van der Waals surface area contributed by atoms with Crippen molar-refractivity contribution in [2.75, 3.05) is 45.4 Å². The molecule has 322 valence electrons. The molecule has 3 fully saturated rings. The number of fused-ring (bicyclic) bond motifs is 10. The zero-order valence-electron chi connectivity index (χ0n) is 37.7. The van der Waals surface area contributed by atoms with Crippen LogP contribution in [0, 0.1) is 10.8 Å². The third-order valence-corrected chi connectivity index (χ3v) is 14.8. The van der Waals surface area contributed by atoms with Crippen LogP contribution >= 0.6 is 0 Å². The summed E-state index contributed by atoms with van der Waals surface area (Å²) in [4.78, 5) is 2.42. The van der Waals surface area contributed by atoms with E-state index in [1.807, 2.05) is 24.3 Å². The Labute approximate surface area is 372 Å². The quantitative estimate of drug-likeness (QED) is 0.152. The van der Waals surface area contributed by atoms with Crippen LogP contribution in [0.2, 0.25) is 0 Å². The molecule has 0 N–H and O–H groups in total. The fourth-order valence-electron chi connectivity index (χ4n) is 12.5. The first kappa shape index (κ1) is 40.1. The lowest BCUT2D eigenvalue weighted by atomic mass is 9.52. The molecule has 6 heteroatoms. The lowest BCUT2D eigenvalue weighted by Gasteiger charge is -2.52. The summed E-state index contributed by atoms with van der Waals surface area (Å²) in [7, 11) is 3.43. The molecule has 2 heterocycles. The van der Waals surface area contributed by atoms with Crippen LogP contribution < -0.4 is 23.8 Å². The van der Waals surface area contributed by atoms with Crippen LogP contribution in [0.4, 0.5) is 5.69 Å². The van der Waals surface area contributed by atoms with Crippen LogP contribution in [0.5, 0.6) is 23.0 Å². The molecular formula is C57H59NO5. The maximum absolute atomic E-state index is 7.93. The molecule has 1 spiro atoms. The van der Waals surface area contributed by atoms with Gasteiger partial charge in [-0.05, 0) is 137 Å². The second kappa shape index (κ2) is 14.9. The normalized spacial score (nSPS) is 20.0. The van der Waals surface area contributed by atoms with Gasteiger partial charge in [-0.1, -0.05) is 94.4 Å². The molecule has 6 nitrogen and oxygen atoms in total. The summed E-state index contributed by atoms with van der Waals surface area (Å²) in [5.41, 5.74) is 11.2. The van der Waals surface area contributed by atoms with Crippen molar-refractivity contribution < 1.29 is 23.7 Å². The summed E-state index contributed by atoms with van der Waals surface area (Å²) in [6, 6.07) is 39.8. The highest BCUT2D eigenvalue weighted by Gasteiger charge is 2.55. The summed E-state index contributed by atoms with van der Waals surface area (Å²) < 4.78 is 32.1. The monoisotopic (exact) mass is 837 g/mol. The van der Waals surface area contributed by atoms with E-state index in [1.165, 1.54) is 51.7 Å². The summed E-state index contributed by atoms with van der Waals surface area (Å²) in [5, 5.41) is 2.28. The van der Waals surface area contributed by atoms with Crippen LogP contribution in [-0.4, -0.2) is 46.6 Å². The molecule has 0 radical (unpaired) electrons. The molecule has 0 bridgehead atoms. The van der Waals surface area contributed by atoms with Gasteiger partial charge >= 0.3 is 0 Å². The molecule has 2 aliphatic heterocycles. The lowest BCUT2D eigenvalue weighted by Crippen LogP contribution is -2.44. The number of benzene rings is 6. The van der Waals surface area contributed by atoms with E-state index in [2.05, 4.69) is 130 Å². The number of anilines is 1. The Bertz CT molecular complexity index is 2670. The molecule has 6 aromatic carbocycles. The second-order valence-corrected chi connectivity index (χ2v) is 20.3. The average molecular weight is 838 g/mol. The Kier molecular flexibility index (Phi) is 9.51. The van der Waals surface area contributed by atoms with Gasteiger partial charge in [-0.25, -0.2) is 0 Å². The van der Waals surface area contributed by atoms with E-state index in [0.717, 1.165) is 103 Å². The molecule has 0 amide bonds. The number of hydrogen-bond acceptors (Lipinski definition) is 6. The molecule has 0 atom stereocenters. The summed E-state index contributed by atoms with van der Waals surface area (Å²) in [6.45, 7) is 13.2. The van der Waals surface area contributed by atoms with Gasteiger partial charge in [0.15, 0.2) is 5.60 Å². The van der Waals surface area contributed by atoms with Gasteiger partial charge in [-0.15, -0.1) is 0 Å². The number of rotatable bonds is 8. The van der Waals surface area contributed by atoms with Crippen LogP contribution in [0.25, 0.3) is 39.1 Å². The van der Waals surface area contributed by atoms with Gasteiger partial charge in [0.25, 0.3) is 0 Å². The van der Waals surface area contributed by atoms with Gasteiger partial charge < -0.3 is 28.6 Å². The van der Waals surface area contributed by atoms with Gasteiger partial charge in [0.1, 0.15) is 23.0 Å². The van der Waals surface area contributed by atoms with Gasteiger partial charge in [-0.3, -0.25) is 0 Å². The molecule has 6 aromatic rings. The largest absolute Gasteiger partial charge is 0.497 e. The standard InChI is InChI=1S/C57H59NO5/c1-54(2)34-55(3,4)36-56(35-54)49-13-8-7-12-44(49)51-47-33-50(62-43-10-9-11-43)46(37-14-20-40(21-15-37)58-28-30-61-31-29-58)32-48(47)53-45(52(51)56)26-27-57(63-53,38-16-22-41(59-5)23-17-38)39-18-24-42(60-6)25-19-39/h7-8,12-27,32-33,43H,9-11,28-31,34-36H2,1-6H3.